The van der Waals surface area contributed by atoms with Crippen molar-refractivity contribution in [1.82, 2.24) is 15.5 Å². The number of carbonyl (C=O) groups is 2. The van der Waals surface area contributed by atoms with Crippen LogP contribution in [0.2, 0.25) is 0 Å². The zero-order valence-electron chi connectivity index (χ0n) is 13.2. The molecule has 1 aromatic heterocycles. The summed E-state index contributed by atoms with van der Waals surface area (Å²) in [7, 11) is 0. The highest BCUT2D eigenvalue weighted by atomic mass is 16.5. The van der Waals surface area contributed by atoms with E-state index in [1.807, 2.05) is 0 Å². The highest BCUT2D eigenvalue weighted by Gasteiger charge is 2.23. The minimum Gasteiger partial charge on any atom is -0.480 e. The van der Waals surface area contributed by atoms with E-state index in [1.165, 1.54) is 12.8 Å². The highest BCUT2D eigenvalue weighted by molar-refractivity contribution is 5.83. The molecule has 1 aromatic rings. The van der Waals surface area contributed by atoms with Gasteiger partial charge in [-0.1, -0.05) is 24.1 Å². The first-order chi connectivity index (χ1) is 11.1. The fourth-order valence-corrected chi connectivity index (χ4v) is 2.75. The maximum Gasteiger partial charge on any atom is 0.326 e. The number of aryl methyl sites for hydroxylation is 1. The molecule has 0 spiro atoms. The van der Waals surface area contributed by atoms with E-state index in [1.54, 1.807) is 6.08 Å². The molecule has 0 aliphatic heterocycles. The molecule has 126 valence electrons. The van der Waals surface area contributed by atoms with Crippen molar-refractivity contribution in [2.24, 2.45) is 0 Å². The van der Waals surface area contributed by atoms with E-state index < -0.39 is 12.0 Å². The molecule has 1 amide bonds. The van der Waals surface area contributed by atoms with Crippen LogP contribution in [0.4, 0.5) is 0 Å². The largest absolute Gasteiger partial charge is 0.480 e. The predicted molar refractivity (Wildman–Crippen MR) is 82.8 cm³/mol. The topological polar surface area (TPSA) is 105 Å². The molecular formula is C16H23N3O4. The minimum atomic E-state index is -1.04. The molecule has 2 N–H and O–H groups in total. The van der Waals surface area contributed by atoms with Crippen molar-refractivity contribution in [3.05, 3.63) is 24.4 Å². The maximum absolute atomic E-state index is 11.9. The van der Waals surface area contributed by atoms with Crippen LogP contribution in [-0.4, -0.2) is 33.2 Å². The van der Waals surface area contributed by atoms with Crippen molar-refractivity contribution in [3.63, 3.8) is 0 Å². The first-order valence-corrected chi connectivity index (χ1v) is 8.05. The molecule has 1 fully saturated rings. The number of aliphatic carboxylic acids is 1. The van der Waals surface area contributed by atoms with E-state index in [-0.39, 0.29) is 12.3 Å². The van der Waals surface area contributed by atoms with Crippen LogP contribution >= 0.6 is 0 Å². The Morgan fingerprint density at radius 3 is 2.83 bits per heavy atom. The summed E-state index contributed by atoms with van der Waals surface area (Å²) in [6.07, 6.45) is 7.50. The van der Waals surface area contributed by atoms with Gasteiger partial charge in [-0.15, -0.1) is 6.58 Å². The third kappa shape index (κ3) is 5.19. The van der Waals surface area contributed by atoms with Crippen molar-refractivity contribution < 1.29 is 19.2 Å². The first-order valence-electron chi connectivity index (χ1n) is 8.05. The number of hydrogen-bond acceptors (Lipinski definition) is 5. The number of allylic oxidation sites excluding steroid dienone is 1. The molecule has 1 saturated carbocycles. The normalized spacial score (nSPS) is 16.2. The average Bonchev–Trinajstić information content (AvgIpc) is 3.19. The van der Waals surface area contributed by atoms with Crippen molar-refractivity contribution in [3.8, 4) is 0 Å². The smallest absolute Gasteiger partial charge is 0.326 e. The summed E-state index contributed by atoms with van der Waals surface area (Å²) >= 11 is 0. The van der Waals surface area contributed by atoms with Crippen LogP contribution in [0.15, 0.2) is 17.2 Å². The number of aromatic nitrogens is 2. The summed E-state index contributed by atoms with van der Waals surface area (Å²) in [6, 6.07) is -0.891. The number of carboxylic acid groups (broad SMARTS) is 1. The van der Waals surface area contributed by atoms with Gasteiger partial charge in [0, 0.05) is 18.8 Å². The number of hydrogen-bond donors (Lipinski definition) is 2. The van der Waals surface area contributed by atoms with Crippen molar-refractivity contribution in [1.29, 1.82) is 0 Å². The summed E-state index contributed by atoms with van der Waals surface area (Å²) in [6.45, 7) is 3.55. The molecular weight excluding hydrogens is 298 g/mol. The van der Waals surface area contributed by atoms with Crippen LogP contribution < -0.4 is 5.32 Å². The number of nitrogens with zero attached hydrogens (tertiary/aromatic N) is 2. The Morgan fingerprint density at radius 2 is 2.17 bits per heavy atom. The minimum absolute atomic E-state index is 0.129. The molecule has 0 radical (unpaired) electrons. The van der Waals surface area contributed by atoms with Gasteiger partial charge in [0.1, 0.15) is 6.04 Å². The number of rotatable bonds is 9. The van der Waals surface area contributed by atoms with Gasteiger partial charge in [-0.3, -0.25) is 4.79 Å². The van der Waals surface area contributed by atoms with Crippen LogP contribution in [0.3, 0.4) is 0 Å². The molecule has 1 atom stereocenters. The lowest BCUT2D eigenvalue weighted by Crippen LogP contribution is -2.40. The third-order valence-electron chi connectivity index (χ3n) is 4.06. The molecule has 23 heavy (non-hydrogen) atoms. The summed E-state index contributed by atoms with van der Waals surface area (Å²) in [4.78, 5) is 27.3. The Labute approximate surface area is 135 Å². The van der Waals surface area contributed by atoms with Gasteiger partial charge in [0.2, 0.25) is 11.8 Å². The second-order valence-electron chi connectivity index (χ2n) is 5.85. The summed E-state index contributed by atoms with van der Waals surface area (Å²) in [5, 5.41) is 15.6. The van der Waals surface area contributed by atoms with Gasteiger partial charge >= 0.3 is 5.97 Å². The zero-order valence-corrected chi connectivity index (χ0v) is 13.2. The van der Waals surface area contributed by atoms with Crippen LogP contribution in [0.25, 0.3) is 0 Å². The number of amides is 1. The lowest BCUT2D eigenvalue weighted by atomic mass is 10.1. The molecule has 0 bridgehead atoms. The molecule has 2 rings (SSSR count). The molecule has 7 heteroatoms. The standard InChI is InChI=1S/C16H23N3O4/c1-2-3-8-12(16(21)22)17-13(20)9-10-14-18-15(19-23-14)11-6-4-5-7-11/h2,11-12H,1,3-10H2,(H,17,20)(H,21,22). The molecule has 0 aromatic carbocycles. The van der Waals surface area contributed by atoms with E-state index in [9.17, 15) is 9.59 Å². The van der Waals surface area contributed by atoms with E-state index in [4.69, 9.17) is 9.63 Å². The number of nitrogens with one attached hydrogen (secondary N) is 1. The fourth-order valence-electron chi connectivity index (χ4n) is 2.75. The molecule has 1 aliphatic rings. The Hall–Kier alpha value is -2.18. The lowest BCUT2D eigenvalue weighted by Gasteiger charge is -2.12. The predicted octanol–water partition coefficient (Wildman–Crippen LogP) is 2.20. The number of carbonyl (C=O) groups excluding carboxylic acids is 1. The van der Waals surface area contributed by atoms with Gasteiger partial charge in [-0.2, -0.15) is 4.98 Å². The SMILES string of the molecule is C=CCCC(NC(=O)CCc1nc(C2CCCC2)no1)C(=O)O. The Kier molecular flexibility index (Phi) is 6.31. The highest BCUT2D eigenvalue weighted by Crippen LogP contribution is 2.32. The first kappa shape index (κ1) is 17.2. The quantitative estimate of drug-likeness (QED) is 0.675. The molecule has 1 aliphatic carbocycles. The third-order valence-corrected chi connectivity index (χ3v) is 4.06. The Balaban J connectivity index is 1.79. The second-order valence-corrected chi connectivity index (χ2v) is 5.85. The van der Waals surface area contributed by atoms with E-state index in [2.05, 4.69) is 22.0 Å². The maximum atomic E-state index is 11.9. The van der Waals surface area contributed by atoms with Crippen LogP contribution in [0.1, 0.15) is 62.6 Å². The molecule has 7 nitrogen and oxygen atoms in total. The van der Waals surface area contributed by atoms with Crippen molar-refractivity contribution in [2.45, 2.75) is 63.3 Å². The summed E-state index contributed by atoms with van der Waals surface area (Å²) in [5.41, 5.74) is 0. The van der Waals surface area contributed by atoms with Crippen molar-refractivity contribution in [2.75, 3.05) is 0 Å². The molecule has 1 unspecified atom stereocenters. The molecule has 0 saturated heterocycles. The lowest BCUT2D eigenvalue weighted by molar-refractivity contribution is -0.142. The zero-order chi connectivity index (χ0) is 16.7. The van der Waals surface area contributed by atoms with E-state index >= 15 is 0 Å². The summed E-state index contributed by atoms with van der Waals surface area (Å²) in [5.74, 6) is 0.160. The van der Waals surface area contributed by atoms with Crippen molar-refractivity contribution >= 4 is 11.9 Å². The van der Waals surface area contributed by atoms with Gasteiger partial charge in [0.05, 0.1) is 0 Å². The monoisotopic (exact) mass is 321 g/mol. The fraction of sp³-hybridized carbons (Fsp3) is 0.625. The average molecular weight is 321 g/mol. The van der Waals surface area contributed by atoms with Gasteiger partial charge in [-0.05, 0) is 25.7 Å². The van der Waals surface area contributed by atoms with Crippen LogP contribution in [-0.2, 0) is 16.0 Å². The summed E-state index contributed by atoms with van der Waals surface area (Å²) < 4.78 is 5.17. The van der Waals surface area contributed by atoms with Crippen LogP contribution in [0, 0.1) is 0 Å². The molecule has 1 heterocycles. The Morgan fingerprint density at radius 1 is 1.43 bits per heavy atom. The van der Waals surface area contributed by atoms with E-state index in [0.29, 0.717) is 31.1 Å². The van der Waals surface area contributed by atoms with Gasteiger partial charge in [0.15, 0.2) is 5.82 Å². The van der Waals surface area contributed by atoms with Crippen LogP contribution in [0.5, 0.6) is 0 Å². The van der Waals surface area contributed by atoms with Gasteiger partial charge < -0.3 is 14.9 Å². The second kappa shape index (κ2) is 8.45. The van der Waals surface area contributed by atoms with Gasteiger partial charge in [0.25, 0.3) is 0 Å². The Bertz CT molecular complexity index is 549. The van der Waals surface area contributed by atoms with E-state index in [0.717, 1.165) is 18.7 Å². The van der Waals surface area contributed by atoms with Gasteiger partial charge in [-0.25, -0.2) is 4.79 Å². The number of carboxylic acids is 1.